The van der Waals surface area contributed by atoms with Gasteiger partial charge in [-0.05, 0) is 93.7 Å². The first-order valence-corrected chi connectivity index (χ1v) is 21.1. The summed E-state index contributed by atoms with van der Waals surface area (Å²) in [5, 5.41) is 0. The minimum atomic E-state index is 0.0910. The Kier molecular flexibility index (Phi) is 5.30. The van der Waals surface area contributed by atoms with E-state index in [1.54, 1.807) is 0 Å². The smallest absolute Gasteiger partial charge is 0.248 e. The van der Waals surface area contributed by atoms with Crippen LogP contribution >= 0.6 is 0 Å². The lowest BCUT2D eigenvalue weighted by atomic mass is 9.28. The number of para-hydroxylation sites is 2. The van der Waals surface area contributed by atoms with Crippen LogP contribution in [-0.4, -0.2) is 26.9 Å². The second kappa shape index (κ2) is 10.0. The van der Waals surface area contributed by atoms with Crippen LogP contribution in [0.4, 0.5) is 34.1 Å². The summed E-state index contributed by atoms with van der Waals surface area (Å²) in [6.45, 7) is 9.48. The van der Waals surface area contributed by atoms with Crippen molar-refractivity contribution in [2.75, 3.05) is 9.80 Å². The quantitative estimate of drug-likeness (QED) is 0.252. The number of anilines is 6. The van der Waals surface area contributed by atoms with Gasteiger partial charge >= 0.3 is 0 Å². The van der Waals surface area contributed by atoms with Gasteiger partial charge in [-0.2, -0.15) is 0 Å². The van der Waals surface area contributed by atoms with E-state index in [0.717, 1.165) is 0 Å². The fourth-order valence-electron chi connectivity index (χ4n) is 12.9. The van der Waals surface area contributed by atoms with E-state index >= 15 is 0 Å². The molecule has 6 heteroatoms. The van der Waals surface area contributed by atoms with Crippen LogP contribution in [-0.2, 0) is 0 Å². The van der Waals surface area contributed by atoms with Gasteiger partial charge in [0.2, 0.25) is 26.9 Å². The molecule has 8 aromatic rings. The Morgan fingerprint density at radius 2 is 0.672 bits per heavy atom. The van der Waals surface area contributed by atoms with E-state index in [-0.39, 0.29) is 26.9 Å². The molecule has 15 rings (SSSR count). The maximum Gasteiger partial charge on any atom is 0.248 e. The van der Waals surface area contributed by atoms with Crippen LogP contribution in [0.25, 0.3) is 22.3 Å². The molecule has 7 heterocycles. The number of benzene rings is 8. The highest BCUT2D eigenvalue weighted by Gasteiger charge is 2.58. The molecule has 0 spiro atoms. The van der Waals surface area contributed by atoms with Gasteiger partial charge in [0.15, 0.2) is 0 Å². The van der Waals surface area contributed by atoms with Gasteiger partial charge in [-0.3, -0.25) is 0 Å². The van der Waals surface area contributed by atoms with Gasteiger partial charge in [-0.15, -0.1) is 0 Å². The summed E-state index contributed by atoms with van der Waals surface area (Å²) in [5.74, 6) is 0. The maximum absolute atomic E-state index is 2.82. The van der Waals surface area contributed by atoms with E-state index < -0.39 is 0 Å². The Bertz CT molecular complexity index is 3100. The molecule has 58 heavy (non-hydrogen) atoms. The monoisotopic (exact) mass is 730 g/mol. The van der Waals surface area contributed by atoms with Crippen molar-refractivity contribution in [1.82, 2.24) is 0 Å². The average Bonchev–Trinajstić information content (AvgIpc) is 3.74. The Morgan fingerprint density at radius 3 is 1.10 bits per heavy atom. The van der Waals surface area contributed by atoms with Crippen molar-refractivity contribution in [3.05, 3.63) is 156 Å². The molecular weight excluding hydrogens is 696 g/mol. The lowest BCUT2D eigenvalue weighted by molar-refractivity contribution is 1.19. The molecule has 0 bridgehead atoms. The van der Waals surface area contributed by atoms with Gasteiger partial charge in [0, 0.05) is 11.4 Å². The highest BCUT2D eigenvalue weighted by Crippen LogP contribution is 2.58. The van der Waals surface area contributed by atoms with Gasteiger partial charge in [0.05, 0.1) is 22.7 Å². The lowest BCUT2D eigenvalue weighted by Gasteiger charge is -2.54. The van der Waals surface area contributed by atoms with Gasteiger partial charge in [-0.1, -0.05) is 178 Å². The summed E-state index contributed by atoms with van der Waals surface area (Å²) in [5.41, 5.74) is 36.4. The second-order valence-electron chi connectivity index (χ2n) is 18.2. The highest BCUT2D eigenvalue weighted by atomic mass is 15.3. The normalized spacial score (nSPS) is 15.0. The molecular formula is C52H34B4N2. The maximum atomic E-state index is 2.82. The van der Waals surface area contributed by atoms with Crippen LogP contribution in [0.5, 0.6) is 0 Å². The summed E-state index contributed by atoms with van der Waals surface area (Å²) in [6, 6.07) is 53.2. The highest BCUT2D eigenvalue weighted by molar-refractivity contribution is 7.08. The van der Waals surface area contributed by atoms with Crippen molar-refractivity contribution in [3.63, 3.8) is 0 Å². The van der Waals surface area contributed by atoms with Gasteiger partial charge in [0.25, 0.3) is 0 Å². The largest absolute Gasteiger partial charge is 0.308 e. The first kappa shape index (κ1) is 30.7. The van der Waals surface area contributed by atoms with Crippen molar-refractivity contribution in [2.45, 2.75) is 27.7 Å². The van der Waals surface area contributed by atoms with Crippen molar-refractivity contribution >= 4 is 127 Å². The minimum Gasteiger partial charge on any atom is -0.308 e. The van der Waals surface area contributed by atoms with Gasteiger partial charge in [0.1, 0.15) is 0 Å². The molecule has 0 atom stereocenters. The fourth-order valence-corrected chi connectivity index (χ4v) is 12.9. The molecule has 7 aliphatic heterocycles. The first-order valence-electron chi connectivity index (χ1n) is 21.1. The molecule has 0 saturated carbocycles. The summed E-state index contributed by atoms with van der Waals surface area (Å²) < 4.78 is 0. The molecule has 264 valence electrons. The van der Waals surface area contributed by atoms with E-state index in [4.69, 9.17) is 0 Å². The molecule has 0 fully saturated rings. The molecule has 0 amide bonds. The van der Waals surface area contributed by atoms with E-state index in [9.17, 15) is 0 Å². The Morgan fingerprint density at radius 1 is 0.293 bits per heavy atom. The number of hydrogen-bond donors (Lipinski definition) is 0. The van der Waals surface area contributed by atoms with Crippen LogP contribution in [0.1, 0.15) is 22.3 Å². The van der Waals surface area contributed by atoms with Crippen LogP contribution in [0.15, 0.2) is 133 Å². The zero-order valence-electron chi connectivity index (χ0n) is 32.9. The number of fused-ring (bicyclic) bond motifs is 8. The zero-order valence-corrected chi connectivity index (χ0v) is 32.9. The third-order valence-corrected chi connectivity index (χ3v) is 15.1. The van der Waals surface area contributed by atoms with E-state index in [1.165, 1.54) is 144 Å². The summed E-state index contributed by atoms with van der Waals surface area (Å²) in [4.78, 5) is 5.61. The van der Waals surface area contributed by atoms with Gasteiger partial charge < -0.3 is 9.80 Å². The summed E-state index contributed by atoms with van der Waals surface area (Å²) in [7, 11) is 0. The van der Waals surface area contributed by atoms with E-state index in [0.29, 0.717) is 0 Å². The third-order valence-electron chi connectivity index (χ3n) is 15.1. The third kappa shape index (κ3) is 3.33. The predicted molar refractivity (Wildman–Crippen MR) is 251 cm³/mol. The number of hydrogen-bond acceptors (Lipinski definition) is 2. The molecule has 0 radical (unpaired) electrons. The standard InChI is InChI=1S/C52H34B4N2/c1-27-11-17-31(18-12-27)53-39-7-5-8-40-47(39)57-49-43(53)25-35-33-23-29(3)15-21-37(33)55-41-9-6-10-42-48(41)58(51(49)45(35)55)52-46-36(34-24-30(4)16-22-38(34)56(42)46)26-44(50(52)57)54(40)32-19-13-28(2)14-20-32/h5-26H,1-4H3. The molecule has 7 aliphatic rings. The Balaban J connectivity index is 1.18. The van der Waals surface area contributed by atoms with Crippen LogP contribution in [0, 0.1) is 27.7 Å². The topological polar surface area (TPSA) is 6.48 Å². The SMILES string of the molecule is Cc1ccc(B2c3cccc4c3N3c5c2cc2c6c5N5c7c(cccc7B7c8ccc(C)cc8-c8cc(c3c5c87)B4c3ccc(C)cc3)B6c3ccc(C)cc3-2)cc1. The van der Waals surface area contributed by atoms with Crippen molar-refractivity contribution < 1.29 is 0 Å². The number of rotatable bonds is 2. The summed E-state index contributed by atoms with van der Waals surface area (Å²) in [6.07, 6.45) is 0. The Hall–Kier alpha value is -6.38. The molecule has 0 unspecified atom stereocenters. The molecule has 8 aromatic carbocycles. The average molecular weight is 730 g/mol. The van der Waals surface area contributed by atoms with E-state index in [1.807, 2.05) is 0 Å². The van der Waals surface area contributed by atoms with Crippen molar-refractivity contribution in [2.24, 2.45) is 0 Å². The van der Waals surface area contributed by atoms with Gasteiger partial charge in [-0.25, -0.2) is 0 Å². The second-order valence-corrected chi connectivity index (χ2v) is 18.2. The fraction of sp³-hybridized carbons (Fsp3) is 0.0769. The lowest BCUT2D eigenvalue weighted by Crippen LogP contribution is -2.69. The van der Waals surface area contributed by atoms with E-state index in [2.05, 4.69) is 171 Å². The molecule has 0 saturated heterocycles. The van der Waals surface area contributed by atoms with Crippen molar-refractivity contribution in [3.8, 4) is 22.3 Å². The van der Waals surface area contributed by atoms with Crippen LogP contribution < -0.4 is 75.4 Å². The first-order chi connectivity index (χ1) is 28.4. The number of nitrogens with zero attached hydrogens (tertiary/aromatic N) is 2. The van der Waals surface area contributed by atoms with Crippen molar-refractivity contribution in [1.29, 1.82) is 0 Å². The zero-order chi connectivity index (χ0) is 38.0. The minimum absolute atomic E-state index is 0.0910. The molecule has 0 aliphatic carbocycles. The predicted octanol–water partition coefficient (Wildman–Crippen LogP) is 3.45. The van der Waals surface area contributed by atoms with Crippen LogP contribution in [0.3, 0.4) is 0 Å². The molecule has 0 aromatic heterocycles. The number of aryl methyl sites for hydroxylation is 4. The molecule has 0 N–H and O–H groups in total. The molecule has 2 nitrogen and oxygen atoms in total. The van der Waals surface area contributed by atoms with Crippen LogP contribution in [0.2, 0.25) is 0 Å². The summed E-state index contributed by atoms with van der Waals surface area (Å²) >= 11 is 0. The Labute approximate surface area is 340 Å².